The lowest BCUT2D eigenvalue weighted by molar-refractivity contribution is 0.369. The van der Waals surface area contributed by atoms with E-state index in [0.29, 0.717) is 16.1 Å². The minimum absolute atomic E-state index is 0.181. The molecule has 1 saturated heterocycles. The molecule has 1 aliphatic rings. The average molecular weight is 388 g/mol. The van der Waals surface area contributed by atoms with E-state index >= 15 is 0 Å². The minimum Gasteiger partial charge on any atom is -0.372 e. The van der Waals surface area contributed by atoms with Crippen molar-refractivity contribution >= 4 is 29.2 Å². The van der Waals surface area contributed by atoms with Crippen LogP contribution in [0.5, 0.6) is 0 Å². The molecule has 1 aliphatic heterocycles. The van der Waals surface area contributed by atoms with Crippen LogP contribution >= 0.6 is 12.2 Å². The summed E-state index contributed by atoms with van der Waals surface area (Å²) < 4.78 is 13.5. The number of rotatable bonds is 4. The molecule has 0 aromatic heterocycles. The molecule has 0 aliphatic carbocycles. The van der Waals surface area contributed by atoms with Crippen molar-refractivity contribution in [3.63, 3.8) is 0 Å². The molecule has 0 bridgehead atoms. The Morgan fingerprint density at radius 2 is 2.04 bits per heavy atom. The Morgan fingerprint density at radius 3 is 2.67 bits per heavy atom. The zero-order valence-electron chi connectivity index (χ0n) is 16.4. The summed E-state index contributed by atoms with van der Waals surface area (Å²) >= 11 is 5.32. The summed E-state index contributed by atoms with van der Waals surface area (Å²) in [7, 11) is 3.71. The van der Waals surface area contributed by atoms with E-state index in [0.717, 1.165) is 44.0 Å². The largest absolute Gasteiger partial charge is 0.372 e. The van der Waals surface area contributed by atoms with Gasteiger partial charge in [-0.25, -0.2) is 9.38 Å². The van der Waals surface area contributed by atoms with Crippen molar-refractivity contribution in [3.05, 3.63) is 40.8 Å². The van der Waals surface area contributed by atoms with E-state index in [9.17, 15) is 9.65 Å². The van der Waals surface area contributed by atoms with Gasteiger partial charge in [0.15, 0.2) is 0 Å². The van der Waals surface area contributed by atoms with Crippen LogP contribution in [0.1, 0.15) is 18.9 Å². The van der Waals surface area contributed by atoms with Gasteiger partial charge in [0.25, 0.3) is 0 Å². The number of hydrogen-bond donors (Lipinski definition) is 0. The fourth-order valence-electron chi connectivity index (χ4n) is 3.01. The van der Waals surface area contributed by atoms with Crippen LogP contribution in [0, 0.1) is 24.1 Å². The first-order valence-corrected chi connectivity index (χ1v) is 9.36. The standard InChI is InChI=1S/C20H26FN5S/c1-15-12-17(6-7-19(15)21)26-9-5-8-25(10-11-26)16(2)18(13-22)20(27)23-14-24(3)4/h6-7,12,14H,5,8-11H2,1-4H3/b18-16-,23-14+. The number of allylic oxidation sites excluding steroid dienone is 1. The van der Waals surface area contributed by atoms with Crippen LogP contribution in [-0.4, -0.2) is 61.4 Å². The molecule has 27 heavy (non-hydrogen) atoms. The highest BCUT2D eigenvalue weighted by Gasteiger charge is 2.19. The van der Waals surface area contributed by atoms with Gasteiger partial charge in [0, 0.05) is 51.7 Å². The van der Waals surface area contributed by atoms with Crippen LogP contribution in [0.3, 0.4) is 0 Å². The zero-order valence-corrected chi connectivity index (χ0v) is 17.2. The lowest BCUT2D eigenvalue weighted by atomic mass is 10.2. The zero-order chi connectivity index (χ0) is 20.0. The molecule has 0 spiro atoms. The van der Waals surface area contributed by atoms with E-state index in [1.165, 1.54) is 6.07 Å². The van der Waals surface area contributed by atoms with Crippen molar-refractivity contribution < 1.29 is 4.39 Å². The number of halogens is 1. The number of nitrogens with zero attached hydrogens (tertiary/aromatic N) is 5. The third-order valence-electron chi connectivity index (χ3n) is 4.57. The topological polar surface area (TPSA) is 45.9 Å². The third-order valence-corrected chi connectivity index (χ3v) is 4.88. The predicted molar refractivity (Wildman–Crippen MR) is 113 cm³/mol. The monoisotopic (exact) mass is 387 g/mol. The highest BCUT2D eigenvalue weighted by molar-refractivity contribution is 7.80. The van der Waals surface area contributed by atoms with Crippen LogP contribution in [0.4, 0.5) is 10.1 Å². The Bertz CT molecular complexity index is 794. The van der Waals surface area contributed by atoms with E-state index in [-0.39, 0.29) is 5.82 Å². The molecule has 1 fully saturated rings. The van der Waals surface area contributed by atoms with E-state index < -0.39 is 0 Å². The lowest BCUT2D eigenvalue weighted by Crippen LogP contribution is -2.30. The molecule has 0 N–H and O–H groups in total. The predicted octanol–water partition coefficient (Wildman–Crippen LogP) is 3.36. The molecule has 5 nitrogen and oxygen atoms in total. The third kappa shape index (κ3) is 5.51. The number of thiocarbonyl (C=S) groups is 1. The number of aliphatic imine (C=N–C) groups is 1. The van der Waals surface area contributed by atoms with Gasteiger partial charge in [-0.05, 0) is 44.0 Å². The van der Waals surface area contributed by atoms with Gasteiger partial charge in [-0.2, -0.15) is 5.26 Å². The second-order valence-corrected chi connectivity index (χ2v) is 7.23. The second-order valence-electron chi connectivity index (χ2n) is 6.85. The molecule has 144 valence electrons. The normalized spacial score (nSPS) is 16.0. The minimum atomic E-state index is -0.181. The van der Waals surface area contributed by atoms with Crippen molar-refractivity contribution in [3.8, 4) is 6.07 Å². The number of hydrogen-bond acceptors (Lipinski definition) is 4. The summed E-state index contributed by atoms with van der Waals surface area (Å²) in [5.74, 6) is -0.181. The molecular formula is C20H26FN5S. The molecule has 0 radical (unpaired) electrons. The summed E-state index contributed by atoms with van der Waals surface area (Å²) in [4.78, 5) is 10.7. The maximum Gasteiger partial charge on any atom is 0.147 e. The number of benzene rings is 1. The maximum atomic E-state index is 13.5. The molecule has 1 aromatic rings. The fourth-order valence-corrected chi connectivity index (χ4v) is 3.25. The Hall–Kier alpha value is -2.46. The first-order chi connectivity index (χ1) is 12.8. The van der Waals surface area contributed by atoms with Gasteiger partial charge < -0.3 is 14.7 Å². The average Bonchev–Trinajstić information content (AvgIpc) is 2.89. The maximum absolute atomic E-state index is 13.5. The van der Waals surface area contributed by atoms with E-state index in [4.69, 9.17) is 12.2 Å². The summed E-state index contributed by atoms with van der Waals surface area (Å²) in [6.07, 6.45) is 2.55. The van der Waals surface area contributed by atoms with Gasteiger partial charge in [-0.3, -0.25) is 0 Å². The van der Waals surface area contributed by atoms with Gasteiger partial charge in [0.1, 0.15) is 22.4 Å². The summed E-state index contributed by atoms with van der Waals surface area (Å²) in [5, 5.41) is 9.56. The van der Waals surface area contributed by atoms with E-state index in [1.54, 1.807) is 18.2 Å². The van der Waals surface area contributed by atoms with E-state index in [1.807, 2.05) is 33.2 Å². The highest BCUT2D eigenvalue weighted by Crippen LogP contribution is 2.22. The quantitative estimate of drug-likeness (QED) is 0.261. The summed E-state index contributed by atoms with van der Waals surface area (Å²) in [5.41, 5.74) is 2.98. The number of aryl methyl sites for hydroxylation is 1. The van der Waals surface area contributed by atoms with Gasteiger partial charge >= 0.3 is 0 Å². The van der Waals surface area contributed by atoms with Crippen molar-refractivity contribution in [1.82, 2.24) is 9.80 Å². The lowest BCUT2D eigenvalue weighted by Gasteiger charge is -2.26. The first-order valence-electron chi connectivity index (χ1n) is 8.95. The molecule has 0 atom stereocenters. The molecule has 1 aromatic carbocycles. The summed E-state index contributed by atoms with van der Waals surface area (Å²) in [6, 6.07) is 7.44. The smallest absolute Gasteiger partial charge is 0.147 e. The molecule has 1 heterocycles. The van der Waals surface area contributed by atoms with Gasteiger partial charge in [-0.1, -0.05) is 12.2 Å². The van der Waals surface area contributed by atoms with Gasteiger partial charge in [-0.15, -0.1) is 0 Å². The molecule has 2 rings (SSSR count). The van der Waals surface area contributed by atoms with Crippen molar-refractivity contribution in [2.24, 2.45) is 4.99 Å². The SMILES string of the molecule is C/C(=C(\C#N)C(=S)/N=C/N(C)C)N1CCCN(c2ccc(F)c(C)c2)CC1. The first kappa shape index (κ1) is 20.8. The van der Waals surface area contributed by atoms with Crippen LogP contribution in [-0.2, 0) is 0 Å². The number of anilines is 1. The van der Waals surface area contributed by atoms with Crippen LogP contribution in [0.15, 0.2) is 34.5 Å². The Morgan fingerprint density at radius 1 is 1.30 bits per heavy atom. The highest BCUT2D eigenvalue weighted by atomic mass is 32.1. The fraction of sp³-hybridized carbons (Fsp3) is 0.450. The second kappa shape index (κ2) is 9.47. The Balaban J connectivity index is 2.14. The van der Waals surface area contributed by atoms with Crippen LogP contribution in [0.2, 0.25) is 0 Å². The Labute approximate surface area is 166 Å². The van der Waals surface area contributed by atoms with Gasteiger partial charge in [0.2, 0.25) is 0 Å². The van der Waals surface area contributed by atoms with Crippen molar-refractivity contribution in [2.75, 3.05) is 45.2 Å². The molecule has 0 unspecified atom stereocenters. The molecule has 7 heteroatoms. The Kier molecular flexibility index (Phi) is 7.31. The molecule has 0 amide bonds. The van der Waals surface area contributed by atoms with Crippen LogP contribution < -0.4 is 4.90 Å². The molecular weight excluding hydrogens is 361 g/mol. The van der Waals surface area contributed by atoms with Gasteiger partial charge in [0.05, 0.1) is 6.34 Å². The number of nitriles is 1. The van der Waals surface area contributed by atoms with Crippen molar-refractivity contribution in [2.45, 2.75) is 20.3 Å². The summed E-state index contributed by atoms with van der Waals surface area (Å²) in [6.45, 7) is 7.01. The van der Waals surface area contributed by atoms with Crippen LogP contribution in [0.25, 0.3) is 0 Å². The van der Waals surface area contributed by atoms with E-state index in [2.05, 4.69) is 20.9 Å². The van der Waals surface area contributed by atoms with Crippen molar-refractivity contribution in [1.29, 1.82) is 5.26 Å². The molecule has 0 saturated carbocycles.